The lowest BCUT2D eigenvalue weighted by atomic mass is 10.0. The van der Waals surface area contributed by atoms with Crippen molar-refractivity contribution in [3.63, 3.8) is 0 Å². The monoisotopic (exact) mass is 394 g/mol. The second-order valence-corrected chi connectivity index (χ2v) is 7.69. The summed E-state index contributed by atoms with van der Waals surface area (Å²) in [6, 6.07) is 12.9. The maximum absolute atomic E-state index is 13.1. The number of fused-ring (bicyclic) bond motifs is 1. The van der Waals surface area contributed by atoms with Gasteiger partial charge < -0.3 is 10.2 Å². The van der Waals surface area contributed by atoms with Crippen LogP contribution in [0.1, 0.15) is 12.8 Å². The van der Waals surface area contributed by atoms with Crippen LogP contribution in [0.25, 0.3) is 17.0 Å². The zero-order chi connectivity index (χ0) is 18.9. The van der Waals surface area contributed by atoms with Crippen molar-refractivity contribution in [3.8, 4) is 11.4 Å². The van der Waals surface area contributed by atoms with Gasteiger partial charge in [-0.1, -0.05) is 0 Å². The molecule has 0 unspecified atom stereocenters. The van der Waals surface area contributed by atoms with Gasteiger partial charge in [0.2, 0.25) is 0 Å². The molecular formula is C20H19FN6S. The summed E-state index contributed by atoms with van der Waals surface area (Å²) >= 11 is 1.63. The Labute approximate surface area is 165 Å². The Morgan fingerprint density at radius 3 is 2.57 bits per heavy atom. The van der Waals surface area contributed by atoms with Crippen LogP contribution in [0.2, 0.25) is 0 Å². The zero-order valence-corrected chi connectivity index (χ0v) is 15.9. The lowest BCUT2D eigenvalue weighted by Crippen LogP contribution is -2.39. The molecule has 0 spiro atoms. The van der Waals surface area contributed by atoms with Gasteiger partial charge in [0.1, 0.15) is 11.6 Å². The third-order valence-electron chi connectivity index (χ3n) is 5.06. The summed E-state index contributed by atoms with van der Waals surface area (Å²) in [5.74, 6) is 1.49. The second kappa shape index (κ2) is 7.20. The van der Waals surface area contributed by atoms with E-state index < -0.39 is 0 Å². The molecule has 3 aromatic heterocycles. The van der Waals surface area contributed by atoms with E-state index in [1.54, 1.807) is 23.5 Å². The molecule has 0 atom stereocenters. The molecule has 1 fully saturated rings. The van der Waals surface area contributed by atoms with Crippen LogP contribution in [0.5, 0.6) is 0 Å². The average molecular weight is 394 g/mol. The van der Waals surface area contributed by atoms with Crippen molar-refractivity contribution < 1.29 is 4.39 Å². The van der Waals surface area contributed by atoms with Crippen LogP contribution in [-0.2, 0) is 0 Å². The van der Waals surface area contributed by atoms with E-state index in [-0.39, 0.29) is 5.82 Å². The molecule has 1 aliphatic heterocycles. The molecule has 0 saturated carbocycles. The summed E-state index contributed by atoms with van der Waals surface area (Å²) in [4.78, 5) is 2.29. The Morgan fingerprint density at radius 1 is 1.00 bits per heavy atom. The fraction of sp³-hybridized carbons (Fsp3) is 0.250. The molecule has 0 bridgehead atoms. The van der Waals surface area contributed by atoms with Crippen LogP contribution < -0.4 is 10.2 Å². The quantitative estimate of drug-likeness (QED) is 0.565. The van der Waals surface area contributed by atoms with Crippen molar-refractivity contribution in [2.75, 3.05) is 23.3 Å². The van der Waals surface area contributed by atoms with Crippen molar-refractivity contribution in [2.24, 2.45) is 0 Å². The fourth-order valence-corrected chi connectivity index (χ4v) is 4.19. The number of halogens is 1. The molecule has 6 nitrogen and oxygen atoms in total. The van der Waals surface area contributed by atoms with E-state index in [9.17, 15) is 4.39 Å². The Morgan fingerprint density at radius 2 is 1.82 bits per heavy atom. The van der Waals surface area contributed by atoms with Crippen molar-refractivity contribution in [1.29, 1.82) is 0 Å². The van der Waals surface area contributed by atoms with Crippen LogP contribution >= 0.6 is 11.3 Å². The molecule has 1 aromatic carbocycles. The van der Waals surface area contributed by atoms with Crippen LogP contribution in [0.15, 0.2) is 53.2 Å². The highest BCUT2D eigenvalue weighted by Crippen LogP contribution is 2.24. The molecule has 1 saturated heterocycles. The predicted molar refractivity (Wildman–Crippen MR) is 109 cm³/mol. The number of benzene rings is 1. The largest absolute Gasteiger partial charge is 0.382 e. The molecule has 8 heteroatoms. The first-order valence-electron chi connectivity index (χ1n) is 9.28. The van der Waals surface area contributed by atoms with E-state index in [4.69, 9.17) is 5.10 Å². The number of hydrogen-bond acceptors (Lipinski definition) is 6. The van der Waals surface area contributed by atoms with Gasteiger partial charge in [0.25, 0.3) is 0 Å². The van der Waals surface area contributed by atoms with Gasteiger partial charge in [-0.15, -0.1) is 15.3 Å². The first-order valence-corrected chi connectivity index (χ1v) is 10.2. The molecule has 1 aliphatic rings. The fourth-order valence-electron chi connectivity index (χ4n) is 3.55. The number of rotatable bonds is 4. The Hall–Kier alpha value is -3.00. The van der Waals surface area contributed by atoms with Gasteiger partial charge in [0, 0.05) is 35.8 Å². The van der Waals surface area contributed by atoms with Crippen LogP contribution in [-0.4, -0.2) is 38.9 Å². The molecule has 5 rings (SSSR count). The minimum atomic E-state index is -0.211. The highest BCUT2D eigenvalue weighted by Gasteiger charge is 2.21. The maximum Gasteiger partial charge on any atom is 0.186 e. The van der Waals surface area contributed by atoms with E-state index in [2.05, 4.69) is 25.8 Å². The highest BCUT2D eigenvalue weighted by molar-refractivity contribution is 7.08. The number of hydrogen-bond donors (Lipinski definition) is 1. The molecule has 4 aromatic rings. The standard InChI is InChI=1S/C20H19FN6S/c21-15-1-3-16(4-2-15)22-17-7-10-26(11-8-17)19-6-5-18-23-24-20(27(18)25-19)14-9-12-28-13-14/h1-6,9,12-13,17,22H,7-8,10-11H2. The molecule has 1 N–H and O–H groups in total. The summed E-state index contributed by atoms with van der Waals surface area (Å²) in [6.07, 6.45) is 1.99. The summed E-state index contributed by atoms with van der Waals surface area (Å²) in [5, 5.41) is 20.9. The molecule has 0 radical (unpaired) electrons. The number of thiophene rings is 1. The topological polar surface area (TPSA) is 58.3 Å². The zero-order valence-electron chi connectivity index (χ0n) is 15.1. The number of aromatic nitrogens is 4. The highest BCUT2D eigenvalue weighted by atomic mass is 32.1. The summed E-state index contributed by atoms with van der Waals surface area (Å²) in [6.45, 7) is 1.82. The molecule has 4 heterocycles. The van der Waals surface area contributed by atoms with Gasteiger partial charge in [0.05, 0.1) is 0 Å². The lowest BCUT2D eigenvalue weighted by Gasteiger charge is -2.33. The van der Waals surface area contributed by atoms with Crippen molar-refractivity contribution in [2.45, 2.75) is 18.9 Å². The summed E-state index contributed by atoms with van der Waals surface area (Å²) in [5.41, 5.74) is 2.74. The van der Waals surface area contributed by atoms with Crippen molar-refractivity contribution in [3.05, 3.63) is 59.0 Å². The van der Waals surface area contributed by atoms with Crippen LogP contribution in [0, 0.1) is 5.82 Å². The van der Waals surface area contributed by atoms with Gasteiger partial charge in [-0.25, -0.2) is 4.39 Å². The lowest BCUT2D eigenvalue weighted by molar-refractivity contribution is 0.521. The summed E-state index contributed by atoms with van der Waals surface area (Å²) in [7, 11) is 0. The first-order chi connectivity index (χ1) is 13.8. The maximum atomic E-state index is 13.1. The van der Waals surface area contributed by atoms with E-state index in [1.165, 1.54) is 12.1 Å². The Kier molecular flexibility index (Phi) is 4.40. The predicted octanol–water partition coefficient (Wildman–Crippen LogP) is 4.07. The smallest absolute Gasteiger partial charge is 0.186 e. The normalized spacial score (nSPS) is 15.2. The van der Waals surface area contributed by atoms with Gasteiger partial charge in [-0.2, -0.15) is 15.9 Å². The number of anilines is 2. The second-order valence-electron chi connectivity index (χ2n) is 6.91. The molecule has 142 valence electrons. The average Bonchev–Trinajstić information content (AvgIpc) is 3.39. The van der Waals surface area contributed by atoms with E-state index in [0.29, 0.717) is 6.04 Å². The SMILES string of the molecule is Fc1ccc(NC2CCN(c3ccc4nnc(-c5ccsc5)n4n3)CC2)cc1. The Balaban J connectivity index is 1.30. The molecule has 0 amide bonds. The van der Waals surface area contributed by atoms with Gasteiger partial charge in [-0.3, -0.25) is 0 Å². The molecular weight excluding hydrogens is 375 g/mol. The minimum Gasteiger partial charge on any atom is -0.382 e. The van der Waals surface area contributed by atoms with Gasteiger partial charge in [0.15, 0.2) is 11.5 Å². The minimum absolute atomic E-state index is 0.211. The Bertz CT molecular complexity index is 1070. The van der Waals surface area contributed by atoms with E-state index in [1.807, 2.05) is 28.1 Å². The van der Waals surface area contributed by atoms with Crippen molar-refractivity contribution >= 4 is 28.5 Å². The third kappa shape index (κ3) is 3.31. The molecule has 28 heavy (non-hydrogen) atoms. The van der Waals surface area contributed by atoms with Gasteiger partial charge >= 0.3 is 0 Å². The third-order valence-corrected chi connectivity index (χ3v) is 5.75. The van der Waals surface area contributed by atoms with Crippen LogP contribution in [0.4, 0.5) is 15.9 Å². The van der Waals surface area contributed by atoms with Crippen molar-refractivity contribution in [1.82, 2.24) is 19.8 Å². The van der Waals surface area contributed by atoms with Crippen LogP contribution in [0.3, 0.4) is 0 Å². The molecule has 0 aliphatic carbocycles. The first kappa shape index (κ1) is 17.1. The van der Waals surface area contributed by atoms with E-state index >= 15 is 0 Å². The number of nitrogens with zero attached hydrogens (tertiary/aromatic N) is 5. The van der Waals surface area contributed by atoms with E-state index in [0.717, 1.165) is 54.5 Å². The number of piperidine rings is 1. The summed E-state index contributed by atoms with van der Waals surface area (Å²) < 4.78 is 14.9. The van der Waals surface area contributed by atoms with Gasteiger partial charge in [-0.05, 0) is 60.7 Å². The number of nitrogens with one attached hydrogen (secondary N) is 1.